The predicted octanol–water partition coefficient (Wildman–Crippen LogP) is 2.12. The first kappa shape index (κ1) is 19.3. The summed E-state index contributed by atoms with van der Waals surface area (Å²) in [6.07, 6.45) is 0.745. The Bertz CT molecular complexity index is 996. The van der Waals surface area contributed by atoms with Crippen LogP contribution in [0.2, 0.25) is 0 Å². The number of amides is 1. The lowest BCUT2D eigenvalue weighted by Gasteiger charge is -2.20. The van der Waals surface area contributed by atoms with Gasteiger partial charge in [0.25, 0.3) is 5.91 Å². The van der Waals surface area contributed by atoms with E-state index in [-0.39, 0.29) is 39.8 Å². The van der Waals surface area contributed by atoms with Crippen molar-refractivity contribution in [3.8, 4) is 0 Å². The molecule has 7 heteroatoms. The van der Waals surface area contributed by atoms with Gasteiger partial charge in [0.1, 0.15) is 0 Å². The molecule has 0 aliphatic heterocycles. The van der Waals surface area contributed by atoms with Gasteiger partial charge in [-0.15, -0.1) is 0 Å². The van der Waals surface area contributed by atoms with E-state index in [9.17, 15) is 19.2 Å². The van der Waals surface area contributed by atoms with Crippen LogP contribution in [-0.4, -0.2) is 36.1 Å². The summed E-state index contributed by atoms with van der Waals surface area (Å²) in [6, 6.07) is 9.13. The summed E-state index contributed by atoms with van der Waals surface area (Å²) in [4.78, 5) is 49.6. The van der Waals surface area contributed by atoms with Crippen LogP contribution in [-0.2, 0) is 9.53 Å². The van der Waals surface area contributed by atoms with Crippen molar-refractivity contribution in [2.75, 3.05) is 12.3 Å². The molecule has 0 fully saturated rings. The van der Waals surface area contributed by atoms with Crippen LogP contribution in [0.1, 0.15) is 62.5 Å². The number of nitrogen functional groups attached to an aromatic ring is 1. The number of carbonyl (C=O) groups excluding carboxylic acids is 4. The maximum absolute atomic E-state index is 12.8. The van der Waals surface area contributed by atoms with Gasteiger partial charge in [-0.05, 0) is 25.5 Å². The van der Waals surface area contributed by atoms with E-state index in [1.54, 1.807) is 24.3 Å². The second-order valence-electron chi connectivity index (χ2n) is 6.61. The number of ketones is 2. The monoisotopic (exact) mass is 380 g/mol. The molecule has 0 aromatic heterocycles. The van der Waals surface area contributed by atoms with Gasteiger partial charge in [0.05, 0.1) is 16.8 Å². The molecule has 3 N–H and O–H groups in total. The van der Waals surface area contributed by atoms with E-state index >= 15 is 0 Å². The molecule has 2 aromatic carbocycles. The molecule has 1 atom stereocenters. The molecule has 0 unspecified atom stereocenters. The van der Waals surface area contributed by atoms with Gasteiger partial charge < -0.3 is 15.8 Å². The lowest BCUT2D eigenvalue weighted by molar-refractivity contribution is -0.124. The van der Waals surface area contributed by atoms with Crippen LogP contribution in [0.4, 0.5) is 5.69 Å². The van der Waals surface area contributed by atoms with Gasteiger partial charge in [-0.3, -0.25) is 14.4 Å². The van der Waals surface area contributed by atoms with Crippen LogP contribution in [0.5, 0.6) is 0 Å². The van der Waals surface area contributed by atoms with E-state index in [0.717, 1.165) is 6.42 Å². The number of ether oxygens (including phenoxy) is 1. The molecule has 2 aromatic rings. The lowest BCUT2D eigenvalue weighted by Crippen LogP contribution is -2.35. The van der Waals surface area contributed by atoms with Crippen LogP contribution >= 0.6 is 0 Å². The van der Waals surface area contributed by atoms with Crippen molar-refractivity contribution >= 4 is 29.1 Å². The quantitative estimate of drug-likeness (QED) is 0.517. The Kier molecular flexibility index (Phi) is 5.26. The zero-order valence-electron chi connectivity index (χ0n) is 15.6. The van der Waals surface area contributed by atoms with Crippen LogP contribution in [0.15, 0.2) is 36.4 Å². The van der Waals surface area contributed by atoms with Gasteiger partial charge >= 0.3 is 5.97 Å². The number of hydrogen-bond donors (Lipinski definition) is 2. The van der Waals surface area contributed by atoms with Crippen LogP contribution in [0.25, 0.3) is 0 Å². The van der Waals surface area contributed by atoms with E-state index in [1.165, 1.54) is 12.1 Å². The van der Waals surface area contributed by atoms with E-state index < -0.39 is 24.3 Å². The molecule has 144 valence electrons. The molecule has 28 heavy (non-hydrogen) atoms. The average Bonchev–Trinajstić information content (AvgIpc) is 2.69. The van der Waals surface area contributed by atoms with Crippen LogP contribution in [0, 0.1) is 0 Å². The van der Waals surface area contributed by atoms with Gasteiger partial charge in [-0.25, -0.2) is 4.79 Å². The Balaban J connectivity index is 1.86. The fourth-order valence-electron chi connectivity index (χ4n) is 3.02. The average molecular weight is 380 g/mol. The standard InChI is InChI=1S/C21H20N2O5/c1-3-11(2)23-16(24)10-28-21(27)15-9-8-14-17(18(15)22)20(26)13-7-5-4-6-12(13)19(14)25/h4-9,11H,3,10,22H2,1-2H3,(H,23,24)/t11-/m0/s1. The van der Waals surface area contributed by atoms with Crippen molar-refractivity contribution in [1.82, 2.24) is 5.32 Å². The normalized spacial score (nSPS) is 13.4. The number of fused-ring (bicyclic) bond motifs is 2. The molecule has 1 aliphatic rings. The Morgan fingerprint density at radius 1 is 1.04 bits per heavy atom. The molecular weight excluding hydrogens is 360 g/mol. The fraction of sp³-hybridized carbons (Fsp3) is 0.238. The Labute approximate surface area is 161 Å². The molecule has 0 bridgehead atoms. The maximum atomic E-state index is 12.8. The molecule has 0 saturated heterocycles. The van der Waals surface area contributed by atoms with E-state index in [0.29, 0.717) is 5.56 Å². The zero-order valence-corrected chi connectivity index (χ0v) is 15.6. The summed E-state index contributed by atoms with van der Waals surface area (Å²) in [5, 5.41) is 2.68. The molecule has 3 rings (SSSR count). The molecule has 0 spiro atoms. The molecule has 0 heterocycles. The van der Waals surface area contributed by atoms with Crippen molar-refractivity contribution in [1.29, 1.82) is 0 Å². The number of anilines is 1. The number of carbonyl (C=O) groups is 4. The molecule has 0 saturated carbocycles. The van der Waals surface area contributed by atoms with Crippen LogP contribution < -0.4 is 11.1 Å². The highest BCUT2D eigenvalue weighted by Crippen LogP contribution is 2.32. The second kappa shape index (κ2) is 7.64. The molecular formula is C21H20N2O5. The Morgan fingerprint density at radius 2 is 1.68 bits per heavy atom. The third-order valence-corrected chi connectivity index (χ3v) is 4.71. The highest BCUT2D eigenvalue weighted by Gasteiger charge is 2.33. The topological polar surface area (TPSA) is 116 Å². The third-order valence-electron chi connectivity index (χ3n) is 4.71. The van der Waals surface area contributed by atoms with E-state index in [2.05, 4.69) is 5.32 Å². The number of nitrogens with two attached hydrogens (primary N) is 1. The summed E-state index contributed by atoms with van der Waals surface area (Å²) >= 11 is 0. The molecule has 1 aliphatic carbocycles. The Morgan fingerprint density at radius 3 is 2.32 bits per heavy atom. The van der Waals surface area contributed by atoms with Crippen molar-refractivity contribution in [2.45, 2.75) is 26.3 Å². The largest absolute Gasteiger partial charge is 0.452 e. The van der Waals surface area contributed by atoms with Crippen molar-refractivity contribution < 1.29 is 23.9 Å². The first-order valence-electron chi connectivity index (χ1n) is 8.92. The third kappa shape index (κ3) is 3.38. The van der Waals surface area contributed by atoms with Gasteiger partial charge in [0.2, 0.25) is 0 Å². The summed E-state index contributed by atoms with van der Waals surface area (Å²) in [6.45, 7) is 3.29. The van der Waals surface area contributed by atoms with Gasteiger partial charge in [0.15, 0.2) is 18.2 Å². The number of nitrogens with one attached hydrogen (secondary N) is 1. The number of hydrogen-bond acceptors (Lipinski definition) is 6. The van der Waals surface area contributed by atoms with Crippen molar-refractivity contribution in [3.05, 3.63) is 64.2 Å². The highest BCUT2D eigenvalue weighted by molar-refractivity contribution is 6.30. The van der Waals surface area contributed by atoms with Gasteiger partial charge in [-0.1, -0.05) is 31.2 Å². The fourth-order valence-corrected chi connectivity index (χ4v) is 3.02. The zero-order chi connectivity index (χ0) is 20.4. The summed E-state index contributed by atoms with van der Waals surface area (Å²) in [7, 11) is 0. The lowest BCUT2D eigenvalue weighted by atomic mass is 9.82. The summed E-state index contributed by atoms with van der Waals surface area (Å²) < 4.78 is 5.01. The minimum atomic E-state index is -0.835. The van der Waals surface area contributed by atoms with Crippen molar-refractivity contribution in [2.24, 2.45) is 0 Å². The smallest absolute Gasteiger partial charge is 0.340 e. The van der Waals surface area contributed by atoms with Gasteiger partial charge in [0, 0.05) is 22.7 Å². The van der Waals surface area contributed by atoms with Crippen molar-refractivity contribution in [3.63, 3.8) is 0 Å². The minimum Gasteiger partial charge on any atom is -0.452 e. The SMILES string of the molecule is CC[C@H](C)NC(=O)COC(=O)c1ccc2c(c1N)C(=O)c1ccccc1C2=O. The minimum absolute atomic E-state index is 0.0118. The first-order valence-corrected chi connectivity index (χ1v) is 8.92. The summed E-state index contributed by atoms with van der Waals surface area (Å²) in [5.41, 5.74) is 6.54. The van der Waals surface area contributed by atoms with Gasteiger partial charge in [-0.2, -0.15) is 0 Å². The number of rotatable bonds is 5. The Hall–Kier alpha value is -3.48. The predicted molar refractivity (Wildman–Crippen MR) is 102 cm³/mol. The maximum Gasteiger partial charge on any atom is 0.340 e. The van der Waals surface area contributed by atoms with E-state index in [1.807, 2.05) is 13.8 Å². The summed E-state index contributed by atoms with van der Waals surface area (Å²) in [5.74, 6) is -2.02. The highest BCUT2D eigenvalue weighted by atomic mass is 16.5. The molecule has 1 amide bonds. The number of esters is 1. The number of benzene rings is 2. The van der Waals surface area contributed by atoms with Crippen LogP contribution in [0.3, 0.4) is 0 Å². The molecule has 0 radical (unpaired) electrons. The molecule has 7 nitrogen and oxygen atoms in total. The first-order chi connectivity index (χ1) is 13.3. The second-order valence-corrected chi connectivity index (χ2v) is 6.61. The van der Waals surface area contributed by atoms with E-state index in [4.69, 9.17) is 10.5 Å².